The molecule has 0 radical (unpaired) electrons. The van der Waals surface area contributed by atoms with E-state index in [0.717, 1.165) is 18.6 Å². The first-order valence-electron chi connectivity index (χ1n) is 4.20. The van der Waals surface area contributed by atoms with Crippen LogP contribution in [0.5, 0.6) is 0 Å². The molecule has 13 heavy (non-hydrogen) atoms. The normalized spacial score (nSPS) is 12.9. The molecule has 70 valence electrons. The fraction of sp³-hybridized carbons (Fsp3) is 0.333. The number of halogens is 3. The molecule has 4 heteroatoms. The minimum atomic E-state index is -1.40. The molecule has 0 aromatic heterocycles. The molecule has 0 aliphatic rings. The molecule has 0 N–H and O–H groups in total. The van der Waals surface area contributed by atoms with E-state index >= 15 is 0 Å². The molecule has 0 saturated heterocycles. The van der Waals surface area contributed by atoms with Crippen LogP contribution in [0.1, 0.15) is 24.7 Å². The van der Waals surface area contributed by atoms with Crippen molar-refractivity contribution in [1.29, 1.82) is 0 Å². The predicted molar refractivity (Wildman–Crippen MR) is 47.9 cm³/mol. The van der Waals surface area contributed by atoms with Crippen molar-refractivity contribution >= 4 is 7.85 Å². The van der Waals surface area contributed by atoms with Crippen LogP contribution in [-0.2, 0) is 0 Å². The van der Waals surface area contributed by atoms with Crippen LogP contribution in [0.4, 0.5) is 13.2 Å². The van der Waals surface area contributed by atoms with E-state index in [1.807, 2.05) is 14.8 Å². The van der Waals surface area contributed by atoms with Crippen molar-refractivity contribution < 1.29 is 13.2 Å². The van der Waals surface area contributed by atoms with Crippen LogP contribution in [0, 0.1) is 17.5 Å². The van der Waals surface area contributed by atoms with Gasteiger partial charge >= 0.3 is 0 Å². The Bertz CT molecular complexity index is 289. The van der Waals surface area contributed by atoms with Gasteiger partial charge in [0.25, 0.3) is 0 Å². The van der Waals surface area contributed by atoms with Crippen molar-refractivity contribution in [2.24, 2.45) is 0 Å². The number of rotatable bonds is 2. The Kier molecular flexibility index (Phi) is 3.01. The summed E-state index contributed by atoms with van der Waals surface area (Å²) in [6, 6.07) is 2.10. The van der Waals surface area contributed by atoms with E-state index in [1.165, 1.54) is 0 Å². The standard InChI is InChI=1S/C9H10BF3/c1-2-6(10)5-3-7(11)9(13)8(12)4-5/h3-4,6H,2,10H2,1H3. The van der Waals surface area contributed by atoms with Gasteiger partial charge < -0.3 is 0 Å². The minimum absolute atomic E-state index is 0.0459. The first-order valence-corrected chi connectivity index (χ1v) is 4.20. The van der Waals surface area contributed by atoms with Gasteiger partial charge in [-0.15, -0.1) is 0 Å². The third-order valence-corrected chi connectivity index (χ3v) is 2.19. The minimum Gasteiger partial charge on any atom is -0.204 e. The van der Waals surface area contributed by atoms with Gasteiger partial charge in [0, 0.05) is 0 Å². The molecule has 0 saturated carbocycles. The lowest BCUT2D eigenvalue weighted by Crippen LogP contribution is -2.00. The molecule has 0 nitrogen and oxygen atoms in total. The Morgan fingerprint density at radius 1 is 1.23 bits per heavy atom. The molecule has 1 aromatic rings. The third kappa shape index (κ3) is 2.05. The molecule has 1 aromatic carbocycles. The van der Waals surface area contributed by atoms with Crippen LogP contribution < -0.4 is 0 Å². The monoisotopic (exact) mass is 186 g/mol. The maximum Gasteiger partial charge on any atom is 0.194 e. The summed E-state index contributed by atoms with van der Waals surface area (Å²) in [4.78, 5) is 0. The van der Waals surface area contributed by atoms with Gasteiger partial charge in [0.05, 0.1) is 0 Å². The van der Waals surface area contributed by atoms with E-state index in [1.54, 1.807) is 0 Å². The average Bonchev–Trinajstić information content (AvgIpc) is 2.12. The van der Waals surface area contributed by atoms with Gasteiger partial charge in [-0.1, -0.05) is 13.3 Å². The molecule has 0 bridgehead atoms. The average molecular weight is 186 g/mol. The van der Waals surface area contributed by atoms with Gasteiger partial charge in [-0.05, 0) is 23.5 Å². The molecular formula is C9H10BF3. The summed E-state index contributed by atoms with van der Waals surface area (Å²) >= 11 is 0. The highest BCUT2D eigenvalue weighted by Gasteiger charge is 2.12. The first kappa shape index (κ1) is 10.2. The molecule has 0 aliphatic carbocycles. The van der Waals surface area contributed by atoms with E-state index in [0.29, 0.717) is 5.56 Å². The fourth-order valence-corrected chi connectivity index (χ4v) is 1.10. The Hall–Kier alpha value is -0.925. The summed E-state index contributed by atoms with van der Waals surface area (Å²) in [5, 5.41) is 0. The van der Waals surface area contributed by atoms with Crippen LogP contribution in [0.2, 0.25) is 0 Å². The molecule has 1 unspecified atom stereocenters. The smallest absolute Gasteiger partial charge is 0.194 e. The lowest BCUT2D eigenvalue weighted by atomic mass is 9.79. The van der Waals surface area contributed by atoms with Crippen molar-refractivity contribution in [2.75, 3.05) is 0 Å². The highest BCUT2D eigenvalue weighted by Crippen LogP contribution is 2.20. The van der Waals surface area contributed by atoms with Gasteiger partial charge in [-0.2, -0.15) is 0 Å². The second kappa shape index (κ2) is 3.86. The van der Waals surface area contributed by atoms with Crippen LogP contribution >= 0.6 is 0 Å². The van der Waals surface area contributed by atoms with E-state index < -0.39 is 17.5 Å². The van der Waals surface area contributed by atoms with Crippen LogP contribution in [-0.4, -0.2) is 7.85 Å². The number of hydrogen-bond donors (Lipinski definition) is 0. The van der Waals surface area contributed by atoms with E-state index in [9.17, 15) is 13.2 Å². The summed E-state index contributed by atoms with van der Waals surface area (Å²) in [5.74, 6) is -3.58. The van der Waals surface area contributed by atoms with Crippen molar-refractivity contribution in [3.8, 4) is 0 Å². The largest absolute Gasteiger partial charge is 0.204 e. The van der Waals surface area contributed by atoms with Gasteiger partial charge in [0.1, 0.15) is 7.85 Å². The second-order valence-electron chi connectivity index (χ2n) is 3.11. The molecule has 0 spiro atoms. The van der Waals surface area contributed by atoms with Gasteiger partial charge in [0.2, 0.25) is 0 Å². The van der Waals surface area contributed by atoms with Crippen molar-refractivity contribution in [1.82, 2.24) is 0 Å². The van der Waals surface area contributed by atoms with E-state index in [4.69, 9.17) is 0 Å². The zero-order valence-electron chi connectivity index (χ0n) is 7.57. The van der Waals surface area contributed by atoms with Crippen molar-refractivity contribution in [3.05, 3.63) is 35.1 Å². The molecule has 0 heterocycles. The molecule has 0 aliphatic heterocycles. The summed E-state index contributed by atoms with van der Waals surface area (Å²) in [6.07, 6.45) is 0.768. The molecular weight excluding hydrogens is 176 g/mol. The molecule has 0 fully saturated rings. The zero-order chi connectivity index (χ0) is 10.0. The van der Waals surface area contributed by atoms with Gasteiger partial charge in [-0.25, -0.2) is 13.2 Å². The van der Waals surface area contributed by atoms with E-state index in [2.05, 4.69) is 0 Å². The van der Waals surface area contributed by atoms with Gasteiger partial charge in [-0.3, -0.25) is 0 Å². The maximum atomic E-state index is 12.7. The second-order valence-corrected chi connectivity index (χ2v) is 3.11. The van der Waals surface area contributed by atoms with Gasteiger partial charge in [0.15, 0.2) is 17.5 Å². The zero-order valence-corrected chi connectivity index (χ0v) is 7.57. The van der Waals surface area contributed by atoms with Crippen molar-refractivity contribution in [2.45, 2.75) is 19.2 Å². The third-order valence-electron chi connectivity index (χ3n) is 2.19. The molecule has 0 amide bonds. The van der Waals surface area contributed by atoms with Crippen LogP contribution in [0.25, 0.3) is 0 Å². The summed E-state index contributed by atoms with van der Waals surface area (Å²) in [6.45, 7) is 1.91. The van der Waals surface area contributed by atoms with Crippen LogP contribution in [0.3, 0.4) is 0 Å². The Balaban J connectivity index is 3.13. The molecule has 1 rings (SSSR count). The van der Waals surface area contributed by atoms with E-state index in [-0.39, 0.29) is 5.82 Å². The Morgan fingerprint density at radius 2 is 1.69 bits per heavy atom. The quantitative estimate of drug-likeness (QED) is 0.490. The lowest BCUT2D eigenvalue weighted by molar-refractivity contribution is 0.445. The predicted octanol–water partition coefficient (Wildman–Crippen LogP) is 2.19. The topological polar surface area (TPSA) is 0 Å². The highest BCUT2D eigenvalue weighted by atomic mass is 19.2. The Morgan fingerprint density at radius 3 is 2.08 bits per heavy atom. The van der Waals surface area contributed by atoms with Crippen molar-refractivity contribution in [3.63, 3.8) is 0 Å². The first-order chi connectivity index (χ1) is 6.06. The summed E-state index contributed by atoms with van der Waals surface area (Å²) in [7, 11) is 1.84. The lowest BCUT2D eigenvalue weighted by Gasteiger charge is -2.09. The van der Waals surface area contributed by atoms with Crippen LogP contribution in [0.15, 0.2) is 12.1 Å². The maximum absolute atomic E-state index is 12.7. The molecule has 1 atom stereocenters. The SMILES string of the molecule is BC(CC)c1cc(F)c(F)c(F)c1. The summed E-state index contributed by atoms with van der Waals surface area (Å²) in [5.41, 5.74) is 0.499. The highest BCUT2D eigenvalue weighted by molar-refractivity contribution is 6.12. The Labute approximate surface area is 76.2 Å². The number of hydrogen-bond acceptors (Lipinski definition) is 0. The fourth-order valence-electron chi connectivity index (χ4n) is 1.10. The summed E-state index contributed by atoms with van der Waals surface area (Å²) < 4.78 is 38.0. The number of benzene rings is 1.